The predicted molar refractivity (Wildman–Crippen MR) is 64.0 cm³/mol. The van der Waals surface area contributed by atoms with E-state index >= 15 is 0 Å². The molecule has 1 N–H and O–H groups in total. The van der Waals surface area contributed by atoms with Crippen LogP contribution in [0.1, 0.15) is 19.8 Å². The first-order valence-corrected chi connectivity index (χ1v) is 5.93. The SMILES string of the molecule is CCOC1CC(NC(=O)Oc2ccccc2)C1. The second kappa shape index (κ2) is 5.68. The third-order valence-electron chi connectivity index (χ3n) is 2.77. The fourth-order valence-corrected chi connectivity index (χ4v) is 1.85. The van der Waals surface area contributed by atoms with E-state index in [1.165, 1.54) is 0 Å². The van der Waals surface area contributed by atoms with Gasteiger partial charge in [-0.05, 0) is 31.9 Å². The number of carbonyl (C=O) groups excluding carboxylic acids is 1. The molecule has 2 rings (SSSR count). The van der Waals surface area contributed by atoms with Crippen LogP contribution in [0, 0.1) is 0 Å². The molecule has 4 nitrogen and oxygen atoms in total. The van der Waals surface area contributed by atoms with Gasteiger partial charge in [0.2, 0.25) is 0 Å². The fourth-order valence-electron chi connectivity index (χ4n) is 1.85. The maximum absolute atomic E-state index is 11.5. The van der Waals surface area contributed by atoms with Crippen molar-refractivity contribution in [3.63, 3.8) is 0 Å². The van der Waals surface area contributed by atoms with Crippen LogP contribution in [0.4, 0.5) is 4.79 Å². The van der Waals surface area contributed by atoms with E-state index in [9.17, 15) is 4.79 Å². The molecule has 0 aliphatic heterocycles. The van der Waals surface area contributed by atoms with Crippen LogP contribution in [0.3, 0.4) is 0 Å². The molecule has 17 heavy (non-hydrogen) atoms. The highest BCUT2D eigenvalue weighted by Gasteiger charge is 2.31. The average Bonchev–Trinajstić information content (AvgIpc) is 2.27. The van der Waals surface area contributed by atoms with Crippen molar-refractivity contribution in [1.82, 2.24) is 5.32 Å². The molecule has 0 saturated heterocycles. The third-order valence-corrected chi connectivity index (χ3v) is 2.77. The van der Waals surface area contributed by atoms with E-state index in [0.29, 0.717) is 11.9 Å². The van der Waals surface area contributed by atoms with E-state index < -0.39 is 6.09 Å². The molecule has 0 bridgehead atoms. The van der Waals surface area contributed by atoms with E-state index in [-0.39, 0.29) is 6.04 Å². The molecule has 0 spiro atoms. The van der Waals surface area contributed by atoms with Crippen molar-refractivity contribution in [1.29, 1.82) is 0 Å². The molecule has 1 aliphatic carbocycles. The smallest absolute Gasteiger partial charge is 0.410 e. The number of para-hydroxylation sites is 1. The second-order valence-electron chi connectivity index (χ2n) is 4.09. The third kappa shape index (κ3) is 3.46. The highest BCUT2D eigenvalue weighted by atomic mass is 16.6. The molecule has 1 saturated carbocycles. The predicted octanol–water partition coefficient (Wildman–Crippen LogP) is 2.34. The van der Waals surface area contributed by atoms with Gasteiger partial charge in [0.1, 0.15) is 5.75 Å². The van der Waals surface area contributed by atoms with E-state index in [1.807, 2.05) is 25.1 Å². The first kappa shape index (κ1) is 11.9. The minimum Gasteiger partial charge on any atom is -0.410 e. The summed E-state index contributed by atoms with van der Waals surface area (Å²) in [6.07, 6.45) is 1.65. The van der Waals surface area contributed by atoms with Gasteiger partial charge in [0, 0.05) is 12.6 Å². The van der Waals surface area contributed by atoms with Crippen LogP contribution in [-0.2, 0) is 4.74 Å². The minimum atomic E-state index is -0.392. The Kier molecular flexibility index (Phi) is 3.98. The van der Waals surface area contributed by atoms with Gasteiger partial charge in [-0.2, -0.15) is 0 Å². The zero-order valence-corrected chi connectivity index (χ0v) is 9.89. The number of benzene rings is 1. The molecule has 0 aromatic heterocycles. The Balaban J connectivity index is 1.69. The van der Waals surface area contributed by atoms with Crippen LogP contribution in [0.5, 0.6) is 5.75 Å². The Morgan fingerprint density at radius 1 is 1.35 bits per heavy atom. The first-order chi connectivity index (χ1) is 8.28. The molecular weight excluding hydrogens is 218 g/mol. The summed E-state index contributed by atoms with van der Waals surface area (Å²) in [6, 6.07) is 9.23. The van der Waals surface area contributed by atoms with E-state index in [1.54, 1.807) is 12.1 Å². The van der Waals surface area contributed by atoms with E-state index in [0.717, 1.165) is 19.4 Å². The molecule has 92 valence electrons. The van der Waals surface area contributed by atoms with Crippen LogP contribution in [0.2, 0.25) is 0 Å². The van der Waals surface area contributed by atoms with Crippen molar-refractivity contribution in [2.24, 2.45) is 0 Å². The summed E-state index contributed by atoms with van der Waals surface area (Å²) in [5, 5.41) is 2.81. The summed E-state index contributed by atoms with van der Waals surface area (Å²) < 4.78 is 10.5. The molecule has 0 heterocycles. The van der Waals surface area contributed by atoms with Crippen molar-refractivity contribution >= 4 is 6.09 Å². The average molecular weight is 235 g/mol. The van der Waals surface area contributed by atoms with Crippen LogP contribution < -0.4 is 10.1 Å². The topological polar surface area (TPSA) is 47.6 Å². The van der Waals surface area contributed by atoms with Gasteiger partial charge in [0.05, 0.1) is 6.10 Å². The number of ether oxygens (including phenoxy) is 2. The Hall–Kier alpha value is -1.55. The van der Waals surface area contributed by atoms with Crippen LogP contribution in [-0.4, -0.2) is 24.8 Å². The zero-order valence-electron chi connectivity index (χ0n) is 9.89. The van der Waals surface area contributed by atoms with Crippen molar-refractivity contribution < 1.29 is 14.3 Å². The quantitative estimate of drug-likeness (QED) is 0.871. The van der Waals surface area contributed by atoms with Gasteiger partial charge in [0.15, 0.2) is 0 Å². The number of hydrogen-bond donors (Lipinski definition) is 1. The van der Waals surface area contributed by atoms with Crippen molar-refractivity contribution in [3.05, 3.63) is 30.3 Å². The molecule has 1 fully saturated rings. The standard InChI is InChI=1S/C13H17NO3/c1-2-16-12-8-10(9-12)14-13(15)17-11-6-4-3-5-7-11/h3-7,10,12H,2,8-9H2,1H3,(H,14,15). The summed E-state index contributed by atoms with van der Waals surface area (Å²) >= 11 is 0. The van der Waals surface area contributed by atoms with Gasteiger partial charge in [-0.1, -0.05) is 18.2 Å². The normalized spacial score (nSPS) is 22.6. The fraction of sp³-hybridized carbons (Fsp3) is 0.462. The summed E-state index contributed by atoms with van der Waals surface area (Å²) in [4.78, 5) is 11.5. The monoisotopic (exact) mass is 235 g/mol. The molecule has 0 radical (unpaired) electrons. The summed E-state index contributed by atoms with van der Waals surface area (Å²) in [7, 11) is 0. The molecule has 4 heteroatoms. The van der Waals surface area contributed by atoms with Gasteiger partial charge in [-0.25, -0.2) is 4.79 Å². The van der Waals surface area contributed by atoms with Crippen molar-refractivity contribution in [2.45, 2.75) is 31.9 Å². The van der Waals surface area contributed by atoms with Gasteiger partial charge in [0.25, 0.3) is 0 Å². The Morgan fingerprint density at radius 2 is 2.06 bits per heavy atom. The molecule has 1 aromatic rings. The molecule has 1 aliphatic rings. The van der Waals surface area contributed by atoms with Gasteiger partial charge >= 0.3 is 6.09 Å². The highest BCUT2D eigenvalue weighted by Crippen LogP contribution is 2.23. The van der Waals surface area contributed by atoms with E-state index in [2.05, 4.69) is 5.32 Å². The summed E-state index contributed by atoms with van der Waals surface area (Å²) in [6.45, 7) is 2.70. The molecule has 0 unspecified atom stereocenters. The highest BCUT2D eigenvalue weighted by molar-refractivity contribution is 5.70. The number of rotatable bonds is 4. The molecule has 1 amide bonds. The lowest BCUT2D eigenvalue weighted by molar-refractivity contribution is -0.00826. The maximum Gasteiger partial charge on any atom is 0.412 e. The lowest BCUT2D eigenvalue weighted by atomic mass is 9.89. The minimum absolute atomic E-state index is 0.183. The van der Waals surface area contributed by atoms with Crippen LogP contribution in [0.15, 0.2) is 30.3 Å². The number of nitrogens with one attached hydrogen (secondary N) is 1. The number of carbonyl (C=O) groups is 1. The van der Waals surface area contributed by atoms with Gasteiger partial charge in [-0.3, -0.25) is 0 Å². The van der Waals surface area contributed by atoms with Crippen molar-refractivity contribution in [3.8, 4) is 5.75 Å². The van der Waals surface area contributed by atoms with Crippen LogP contribution in [0.25, 0.3) is 0 Å². The lowest BCUT2D eigenvalue weighted by Crippen LogP contribution is -2.48. The summed E-state index contributed by atoms with van der Waals surface area (Å²) in [5.41, 5.74) is 0. The summed E-state index contributed by atoms with van der Waals surface area (Å²) in [5.74, 6) is 0.561. The van der Waals surface area contributed by atoms with E-state index in [4.69, 9.17) is 9.47 Å². The maximum atomic E-state index is 11.5. The Morgan fingerprint density at radius 3 is 2.71 bits per heavy atom. The van der Waals surface area contributed by atoms with Gasteiger partial charge < -0.3 is 14.8 Å². The second-order valence-corrected chi connectivity index (χ2v) is 4.09. The largest absolute Gasteiger partial charge is 0.412 e. The molecular formula is C13H17NO3. The molecule has 0 atom stereocenters. The molecule has 1 aromatic carbocycles. The lowest BCUT2D eigenvalue weighted by Gasteiger charge is -2.34. The zero-order chi connectivity index (χ0) is 12.1. The van der Waals surface area contributed by atoms with Gasteiger partial charge in [-0.15, -0.1) is 0 Å². The van der Waals surface area contributed by atoms with Crippen molar-refractivity contribution in [2.75, 3.05) is 6.61 Å². The van der Waals surface area contributed by atoms with Crippen LogP contribution >= 0.6 is 0 Å². The number of amides is 1. The Bertz CT molecular complexity index is 360. The first-order valence-electron chi connectivity index (χ1n) is 5.93. The number of hydrogen-bond acceptors (Lipinski definition) is 3. The Labute approximate surface area is 101 Å².